The lowest BCUT2D eigenvalue weighted by atomic mass is 10.0. The minimum Gasteiger partial charge on any atom is -0.462 e. The maximum atomic E-state index is 12.8. The average molecular weight is 845 g/mol. The molecular formula is C54H100O6. The van der Waals surface area contributed by atoms with E-state index in [0.717, 1.165) is 70.6 Å². The van der Waals surface area contributed by atoms with Gasteiger partial charge >= 0.3 is 17.9 Å². The Morgan fingerprint density at radius 3 is 0.833 bits per heavy atom. The Kier molecular flexibility index (Phi) is 47.8. The minimum atomic E-state index is -0.774. The fourth-order valence-corrected chi connectivity index (χ4v) is 7.67. The summed E-state index contributed by atoms with van der Waals surface area (Å²) < 4.78 is 16.8. The molecule has 60 heavy (non-hydrogen) atoms. The van der Waals surface area contributed by atoms with Gasteiger partial charge in [-0.2, -0.15) is 0 Å². The first-order chi connectivity index (χ1) is 29.5. The number of esters is 3. The number of ether oxygens (including phenoxy) is 3. The first-order valence-electron chi connectivity index (χ1n) is 26.3. The van der Waals surface area contributed by atoms with E-state index >= 15 is 0 Å². The first kappa shape index (κ1) is 57.9. The minimum absolute atomic E-state index is 0.0735. The monoisotopic (exact) mass is 845 g/mol. The third-order valence-corrected chi connectivity index (χ3v) is 11.7. The summed E-state index contributed by atoms with van der Waals surface area (Å²) in [6.07, 6.45) is 55.8. The van der Waals surface area contributed by atoms with Crippen LogP contribution in [0, 0.1) is 0 Å². The van der Waals surface area contributed by atoms with Crippen LogP contribution < -0.4 is 0 Å². The van der Waals surface area contributed by atoms with Gasteiger partial charge in [-0.05, 0) is 70.6 Å². The van der Waals surface area contributed by atoms with Gasteiger partial charge in [-0.1, -0.05) is 218 Å². The summed E-state index contributed by atoms with van der Waals surface area (Å²) in [6.45, 7) is 6.64. The van der Waals surface area contributed by atoms with Crippen LogP contribution in [0.15, 0.2) is 24.3 Å². The fourth-order valence-electron chi connectivity index (χ4n) is 7.67. The van der Waals surface area contributed by atoms with Crippen molar-refractivity contribution in [2.75, 3.05) is 13.2 Å². The Bertz CT molecular complexity index is 973. The van der Waals surface area contributed by atoms with Crippen LogP contribution in [0.2, 0.25) is 0 Å². The Morgan fingerprint density at radius 2 is 0.550 bits per heavy atom. The predicted molar refractivity (Wildman–Crippen MR) is 256 cm³/mol. The molecule has 0 saturated heterocycles. The van der Waals surface area contributed by atoms with Crippen molar-refractivity contribution in [2.45, 2.75) is 290 Å². The maximum Gasteiger partial charge on any atom is 0.306 e. The highest BCUT2D eigenvalue weighted by molar-refractivity contribution is 5.71. The van der Waals surface area contributed by atoms with E-state index in [0.29, 0.717) is 19.3 Å². The van der Waals surface area contributed by atoms with E-state index in [9.17, 15) is 14.4 Å². The molecule has 0 amide bonds. The molecule has 0 aliphatic carbocycles. The van der Waals surface area contributed by atoms with Crippen molar-refractivity contribution in [3.63, 3.8) is 0 Å². The highest BCUT2D eigenvalue weighted by Crippen LogP contribution is 2.15. The lowest BCUT2D eigenvalue weighted by molar-refractivity contribution is -0.167. The summed E-state index contributed by atoms with van der Waals surface area (Å²) in [5.74, 6) is -0.878. The maximum absolute atomic E-state index is 12.8. The Labute approximate surface area is 373 Å². The molecule has 0 bridgehead atoms. The molecule has 0 saturated carbocycles. The fraction of sp³-hybridized carbons (Fsp3) is 0.870. The van der Waals surface area contributed by atoms with Crippen molar-refractivity contribution >= 4 is 17.9 Å². The largest absolute Gasteiger partial charge is 0.462 e. The lowest BCUT2D eigenvalue weighted by Crippen LogP contribution is -2.30. The third kappa shape index (κ3) is 46.9. The molecule has 0 rings (SSSR count). The molecule has 0 spiro atoms. The number of hydrogen-bond acceptors (Lipinski definition) is 6. The number of carbonyl (C=O) groups excluding carboxylic acids is 3. The molecule has 0 heterocycles. The summed E-state index contributed by atoms with van der Waals surface area (Å²) in [5, 5.41) is 0. The number of rotatable bonds is 48. The molecule has 352 valence electrons. The van der Waals surface area contributed by atoms with Crippen LogP contribution in [0.3, 0.4) is 0 Å². The second-order valence-electron chi connectivity index (χ2n) is 17.8. The molecule has 6 nitrogen and oxygen atoms in total. The summed E-state index contributed by atoms with van der Waals surface area (Å²) in [6, 6.07) is 0. The molecule has 0 aromatic rings. The van der Waals surface area contributed by atoms with E-state index in [2.05, 4.69) is 45.1 Å². The highest BCUT2D eigenvalue weighted by Gasteiger charge is 2.19. The number of unbranched alkanes of at least 4 members (excludes halogenated alkanes) is 33. The standard InChI is InChI=1S/C54H100O6/c1-4-7-10-13-16-19-22-25-27-29-32-35-38-41-44-47-53(56)59-50-51(49-58-52(55)46-43-40-37-34-31-24-21-18-15-12-9-6-3)60-54(57)48-45-42-39-36-33-30-28-26-23-20-17-14-11-8-5-2/h25-28,51H,4-24,29-50H2,1-3H3/b27-25-,28-26-/t51-/m1/s1. The third-order valence-electron chi connectivity index (χ3n) is 11.7. The molecule has 1 atom stereocenters. The van der Waals surface area contributed by atoms with Crippen molar-refractivity contribution in [3.05, 3.63) is 24.3 Å². The van der Waals surface area contributed by atoms with Gasteiger partial charge in [-0.15, -0.1) is 0 Å². The van der Waals surface area contributed by atoms with Gasteiger partial charge in [-0.25, -0.2) is 0 Å². The average Bonchev–Trinajstić information content (AvgIpc) is 3.24. The van der Waals surface area contributed by atoms with Gasteiger partial charge in [-0.3, -0.25) is 14.4 Å². The van der Waals surface area contributed by atoms with E-state index in [1.807, 2.05) is 0 Å². The SMILES string of the molecule is CCCCCCCC/C=C\CCCCCCCC(=O)OC[C@@H](COC(=O)CCCCCCCCCCCCCC)OC(=O)CCCCCCC/C=C\CCCCCCCC. The van der Waals surface area contributed by atoms with E-state index < -0.39 is 6.10 Å². The molecule has 0 fully saturated rings. The Balaban J connectivity index is 4.36. The van der Waals surface area contributed by atoms with Crippen molar-refractivity contribution in [2.24, 2.45) is 0 Å². The van der Waals surface area contributed by atoms with Gasteiger partial charge < -0.3 is 14.2 Å². The van der Waals surface area contributed by atoms with E-state index in [4.69, 9.17) is 14.2 Å². The van der Waals surface area contributed by atoms with Crippen LogP contribution in [0.5, 0.6) is 0 Å². The zero-order chi connectivity index (χ0) is 43.7. The quantitative estimate of drug-likeness (QED) is 0.0263. The van der Waals surface area contributed by atoms with Crippen LogP contribution >= 0.6 is 0 Å². The molecular weight excluding hydrogens is 745 g/mol. The molecule has 0 unspecified atom stereocenters. The zero-order valence-corrected chi connectivity index (χ0v) is 40.2. The first-order valence-corrected chi connectivity index (χ1v) is 26.3. The van der Waals surface area contributed by atoms with E-state index in [1.54, 1.807) is 0 Å². The Morgan fingerprint density at radius 1 is 0.317 bits per heavy atom. The number of hydrogen-bond donors (Lipinski definition) is 0. The summed E-state index contributed by atoms with van der Waals surface area (Å²) in [4.78, 5) is 37.9. The van der Waals surface area contributed by atoms with Crippen molar-refractivity contribution in [3.8, 4) is 0 Å². The van der Waals surface area contributed by atoms with Gasteiger partial charge in [0, 0.05) is 19.3 Å². The molecule has 0 aliphatic heterocycles. The lowest BCUT2D eigenvalue weighted by Gasteiger charge is -2.18. The van der Waals surface area contributed by atoms with Gasteiger partial charge in [0.15, 0.2) is 6.10 Å². The second kappa shape index (κ2) is 49.5. The van der Waals surface area contributed by atoms with Crippen LogP contribution in [0.4, 0.5) is 0 Å². The molecule has 0 aliphatic rings. The zero-order valence-electron chi connectivity index (χ0n) is 40.2. The summed E-state index contributed by atoms with van der Waals surface area (Å²) in [7, 11) is 0. The van der Waals surface area contributed by atoms with Crippen molar-refractivity contribution in [1.82, 2.24) is 0 Å². The topological polar surface area (TPSA) is 78.9 Å². The predicted octanol–water partition coefficient (Wildman–Crippen LogP) is 17.2. The molecule has 6 heteroatoms. The van der Waals surface area contributed by atoms with Gasteiger partial charge in [0.05, 0.1) is 0 Å². The normalized spacial score (nSPS) is 12.1. The molecule has 0 aromatic carbocycles. The van der Waals surface area contributed by atoms with Gasteiger partial charge in [0.1, 0.15) is 13.2 Å². The molecule has 0 aromatic heterocycles. The van der Waals surface area contributed by atoms with Crippen LogP contribution in [-0.2, 0) is 28.6 Å². The molecule has 0 radical (unpaired) electrons. The molecule has 0 N–H and O–H groups in total. The Hall–Kier alpha value is -2.11. The second-order valence-corrected chi connectivity index (χ2v) is 17.8. The summed E-state index contributed by atoms with van der Waals surface area (Å²) >= 11 is 0. The number of allylic oxidation sites excluding steroid dienone is 4. The van der Waals surface area contributed by atoms with E-state index in [-0.39, 0.29) is 31.1 Å². The highest BCUT2D eigenvalue weighted by atomic mass is 16.6. The van der Waals surface area contributed by atoms with E-state index in [1.165, 1.54) is 173 Å². The smallest absolute Gasteiger partial charge is 0.306 e. The van der Waals surface area contributed by atoms with Crippen LogP contribution in [0.1, 0.15) is 284 Å². The van der Waals surface area contributed by atoms with Crippen LogP contribution in [-0.4, -0.2) is 37.2 Å². The van der Waals surface area contributed by atoms with Gasteiger partial charge in [0.2, 0.25) is 0 Å². The van der Waals surface area contributed by atoms with Crippen LogP contribution in [0.25, 0.3) is 0 Å². The summed E-state index contributed by atoms with van der Waals surface area (Å²) in [5.41, 5.74) is 0. The van der Waals surface area contributed by atoms with Gasteiger partial charge in [0.25, 0.3) is 0 Å². The number of carbonyl (C=O) groups is 3. The van der Waals surface area contributed by atoms with Crippen molar-refractivity contribution < 1.29 is 28.6 Å². The van der Waals surface area contributed by atoms with Crippen molar-refractivity contribution in [1.29, 1.82) is 0 Å².